The van der Waals surface area contributed by atoms with Crippen LogP contribution in [-0.2, 0) is 6.42 Å². The number of nitrogens with one attached hydrogen (secondary N) is 1. The molecule has 1 aromatic heterocycles. The van der Waals surface area contributed by atoms with Crippen molar-refractivity contribution >= 4 is 23.5 Å². The van der Waals surface area contributed by atoms with Gasteiger partial charge in [-0.25, -0.2) is 4.68 Å². The van der Waals surface area contributed by atoms with Gasteiger partial charge in [0.25, 0.3) is 0 Å². The minimum Gasteiger partial charge on any atom is -0.382 e. The molecule has 0 unspecified atom stereocenters. The van der Waals surface area contributed by atoms with Gasteiger partial charge in [-0.05, 0) is 45.7 Å². The second-order valence-electron chi connectivity index (χ2n) is 8.17. The van der Waals surface area contributed by atoms with Gasteiger partial charge in [-0.15, -0.1) is 0 Å². The molecule has 1 aromatic carbocycles. The number of hydrogen-bond donors (Lipinski definition) is 2. The van der Waals surface area contributed by atoms with Gasteiger partial charge in [0.1, 0.15) is 17.5 Å². The quantitative estimate of drug-likeness (QED) is 0.434. The van der Waals surface area contributed by atoms with Crippen molar-refractivity contribution < 1.29 is 0 Å². The van der Waals surface area contributed by atoms with E-state index in [1.54, 1.807) is 4.68 Å². The number of hydrogen-bond acceptors (Lipinski definition) is 5. The second-order valence-corrected chi connectivity index (χ2v) is 9.98. The number of benzene rings is 1. The highest BCUT2D eigenvalue weighted by Gasteiger charge is 2.28. The van der Waals surface area contributed by atoms with Crippen LogP contribution in [0.2, 0.25) is 0 Å². The van der Waals surface area contributed by atoms with Crippen molar-refractivity contribution in [3.8, 4) is 11.8 Å². The predicted octanol–water partition coefficient (Wildman–Crippen LogP) is 2.97. The molecule has 0 saturated carbocycles. The summed E-state index contributed by atoms with van der Waals surface area (Å²) in [5, 5.41) is 17.7. The molecule has 7 nitrogen and oxygen atoms in total. The number of nitrogens with zero attached hydrogens (tertiary/aromatic N) is 5. The number of nitrogen functional groups attached to an aromatic ring is 1. The summed E-state index contributed by atoms with van der Waals surface area (Å²) in [4.78, 5) is 6.77. The number of guanidine groups is 1. The highest BCUT2D eigenvalue weighted by atomic mass is 32.2. The molecule has 0 bridgehead atoms. The Morgan fingerprint density at radius 2 is 2.10 bits per heavy atom. The lowest BCUT2D eigenvalue weighted by Gasteiger charge is -2.39. The lowest BCUT2D eigenvalue weighted by Crippen LogP contribution is -2.51. The van der Waals surface area contributed by atoms with Gasteiger partial charge in [-0.3, -0.25) is 4.99 Å². The van der Waals surface area contributed by atoms with Gasteiger partial charge in [0.15, 0.2) is 5.96 Å². The summed E-state index contributed by atoms with van der Waals surface area (Å²) in [6.45, 7) is 9.33. The fraction of sp³-hybridized carbons (Fsp3) is 0.500. The van der Waals surface area contributed by atoms with Crippen LogP contribution in [0.3, 0.4) is 0 Å². The maximum Gasteiger partial charge on any atom is 0.193 e. The zero-order valence-corrected chi connectivity index (χ0v) is 19.1. The molecule has 2 aromatic rings. The van der Waals surface area contributed by atoms with Crippen LogP contribution in [0.15, 0.2) is 29.3 Å². The number of aliphatic imine (C=N–C) groups is 1. The van der Waals surface area contributed by atoms with E-state index in [4.69, 9.17) is 5.73 Å². The van der Waals surface area contributed by atoms with E-state index in [9.17, 15) is 5.26 Å². The van der Waals surface area contributed by atoms with E-state index in [-0.39, 0.29) is 4.75 Å². The topological polar surface area (TPSA) is 95.3 Å². The summed E-state index contributed by atoms with van der Waals surface area (Å²) in [7, 11) is 1.83. The number of rotatable bonds is 5. The third-order valence-corrected chi connectivity index (χ3v) is 6.49. The largest absolute Gasteiger partial charge is 0.382 e. The first-order valence-corrected chi connectivity index (χ1v) is 11.3. The van der Waals surface area contributed by atoms with Gasteiger partial charge in [-0.1, -0.05) is 17.7 Å². The smallest absolute Gasteiger partial charge is 0.193 e. The molecule has 1 aliphatic rings. The van der Waals surface area contributed by atoms with Gasteiger partial charge < -0.3 is 16.0 Å². The Morgan fingerprint density at radius 3 is 2.73 bits per heavy atom. The number of aryl methyl sites for hydroxylation is 2. The first kappa shape index (κ1) is 22.0. The zero-order chi connectivity index (χ0) is 21.7. The van der Waals surface area contributed by atoms with Crippen LogP contribution in [0.5, 0.6) is 0 Å². The van der Waals surface area contributed by atoms with E-state index in [0.29, 0.717) is 17.8 Å². The Labute approximate surface area is 183 Å². The van der Waals surface area contributed by atoms with Crippen LogP contribution in [0.1, 0.15) is 37.1 Å². The molecule has 1 fully saturated rings. The summed E-state index contributed by atoms with van der Waals surface area (Å²) in [5.41, 5.74) is 9.46. The van der Waals surface area contributed by atoms with Gasteiger partial charge in [-0.2, -0.15) is 22.1 Å². The zero-order valence-electron chi connectivity index (χ0n) is 18.3. The van der Waals surface area contributed by atoms with Crippen LogP contribution in [0, 0.1) is 18.3 Å². The van der Waals surface area contributed by atoms with Crippen LogP contribution in [0.4, 0.5) is 5.82 Å². The van der Waals surface area contributed by atoms with Crippen molar-refractivity contribution in [2.24, 2.45) is 4.99 Å². The van der Waals surface area contributed by atoms with Crippen molar-refractivity contribution in [2.45, 2.75) is 38.4 Å². The number of nitriles is 1. The SMILES string of the molecule is CN=C(NCCCc1nn(-c2ccc(C)cc2)c(N)c1C#N)N1CCSC(C)(C)C1. The molecule has 160 valence electrons. The summed E-state index contributed by atoms with van der Waals surface area (Å²) >= 11 is 2.01. The van der Waals surface area contributed by atoms with E-state index >= 15 is 0 Å². The highest BCUT2D eigenvalue weighted by molar-refractivity contribution is 8.00. The monoisotopic (exact) mass is 425 g/mol. The molecule has 8 heteroatoms. The molecule has 2 heterocycles. The van der Waals surface area contributed by atoms with E-state index in [2.05, 4.69) is 40.2 Å². The van der Waals surface area contributed by atoms with Gasteiger partial charge in [0, 0.05) is 37.2 Å². The highest BCUT2D eigenvalue weighted by Crippen LogP contribution is 2.29. The Kier molecular flexibility index (Phi) is 6.93. The van der Waals surface area contributed by atoms with Crippen molar-refractivity contribution in [1.29, 1.82) is 5.26 Å². The minimum atomic E-state index is 0.234. The Morgan fingerprint density at radius 1 is 1.37 bits per heavy atom. The first-order valence-electron chi connectivity index (χ1n) is 10.3. The van der Waals surface area contributed by atoms with Crippen LogP contribution < -0.4 is 11.1 Å². The molecule has 1 aliphatic heterocycles. The van der Waals surface area contributed by atoms with Crippen molar-refractivity contribution in [3.05, 3.63) is 41.1 Å². The van der Waals surface area contributed by atoms with Crippen LogP contribution >= 0.6 is 11.8 Å². The van der Waals surface area contributed by atoms with Crippen molar-refractivity contribution in [1.82, 2.24) is 20.0 Å². The van der Waals surface area contributed by atoms with E-state index in [1.165, 1.54) is 5.56 Å². The van der Waals surface area contributed by atoms with Crippen molar-refractivity contribution in [3.63, 3.8) is 0 Å². The molecule has 0 atom stereocenters. The lowest BCUT2D eigenvalue weighted by molar-refractivity contribution is 0.375. The molecule has 0 spiro atoms. The number of thioether (sulfide) groups is 1. The minimum absolute atomic E-state index is 0.234. The normalized spacial score (nSPS) is 16.4. The average Bonchev–Trinajstić information content (AvgIpc) is 3.03. The summed E-state index contributed by atoms with van der Waals surface area (Å²) < 4.78 is 1.89. The fourth-order valence-electron chi connectivity index (χ4n) is 3.64. The Hall–Kier alpha value is -2.66. The molecule has 1 saturated heterocycles. The van der Waals surface area contributed by atoms with Gasteiger partial charge in [0.2, 0.25) is 0 Å². The van der Waals surface area contributed by atoms with Crippen LogP contribution in [0.25, 0.3) is 5.69 Å². The predicted molar refractivity (Wildman–Crippen MR) is 125 cm³/mol. The van der Waals surface area contributed by atoms with E-state index in [1.807, 2.05) is 50.0 Å². The molecular formula is C22H31N7S. The third-order valence-electron chi connectivity index (χ3n) is 5.19. The van der Waals surface area contributed by atoms with Gasteiger partial charge in [0.05, 0.1) is 11.4 Å². The molecule has 3 rings (SSSR count). The maximum absolute atomic E-state index is 9.58. The number of anilines is 1. The van der Waals surface area contributed by atoms with Crippen molar-refractivity contribution in [2.75, 3.05) is 38.2 Å². The number of nitrogens with two attached hydrogens (primary N) is 1. The lowest BCUT2D eigenvalue weighted by atomic mass is 10.1. The molecule has 0 aliphatic carbocycles. The molecule has 0 amide bonds. The maximum atomic E-state index is 9.58. The van der Waals surface area contributed by atoms with E-state index in [0.717, 1.165) is 49.1 Å². The second kappa shape index (κ2) is 9.43. The summed E-state index contributed by atoms with van der Waals surface area (Å²) in [6.07, 6.45) is 1.52. The first-order chi connectivity index (χ1) is 14.3. The number of aromatic nitrogens is 2. The third kappa shape index (κ3) is 5.08. The average molecular weight is 426 g/mol. The summed E-state index contributed by atoms with van der Waals surface area (Å²) in [5.74, 6) is 2.44. The van der Waals surface area contributed by atoms with Gasteiger partial charge >= 0.3 is 0 Å². The Bertz CT molecular complexity index is 938. The van der Waals surface area contributed by atoms with Crippen LogP contribution in [-0.4, -0.2) is 57.8 Å². The molecular weight excluding hydrogens is 394 g/mol. The van der Waals surface area contributed by atoms with E-state index < -0.39 is 0 Å². The molecule has 30 heavy (non-hydrogen) atoms. The molecule has 0 radical (unpaired) electrons. The molecule has 3 N–H and O–H groups in total. The standard InChI is InChI=1S/C22H31N7S/c1-16-7-9-17(10-8-16)29-20(24)18(14-23)19(27-29)6-5-11-26-21(25-4)28-12-13-30-22(2,3)15-28/h7-10H,5-6,11-13,15,24H2,1-4H3,(H,25,26). The Balaban J connectivity index is 1.61. The summed E-state index contributed by atoms with van der Waals surface area (Å²) in [6, 6.07) is 10.2. The fourth-order valence-corrected chi connectivity index (χ4v) is 4.75.